The molecular formula is C14H23N3OS. The highest BCUT2D eigenvalue weighted by atomic mass is 32.1. The summed E-state index contributed by atoms with van der Waals surface area (Å²) in [5.41, 5.74) is 6.11. The Kier molecular flexibility index (Phi) is 5.34. The van der Waals surface area contributed by atoms with E-state index in [1.54, 1.807) is 0 Å². The highest BCUT2D eigenvalue weighted by Crippen LogP contribution is 2.22. The summed E-state index contributed by atoms with van der Waals surface area (Å²) in [6, 6.07) is 0. The molecule has 1 aliphatic rings. The number of nitrogens with zero attached hydrogens (tertiary/aromatic N) is 2. The lowest BCUT2D eigenvalue weighted by atomic mass is 9.93. The molecule has 1 aliphatic heterocycles. The van der Waals surface area contributed by atoms with E-state index in [1.165, 1.54) is 30.6 Å². The molecule has 2 N–H and O–H groups in total. The van der Waals surface area contributed by atoms with E-state index in [4.69, 9.17) is 5.73 Å². The highest BCUT2D eigenvalue weighted by molar-refractivity contribution is 7.09. The molecule has 0 bridgehead atoms. The minimum absolute atomic E-state index is 0.0975. The van der Waals surface area contributed by atoms with Gasteiger partial charge in [0.15, 0.2) is 0 Å². The molecule has 0 aliphatic carbocycles. The predicted molar refractivity (Wildman–Crippen MR) is 78.4 cm³/mol. The molecule has 1 aromatic rings. The van der Waals surface area contributed by atoms with Crippen molar-refractivity contribution in [2.24, 2.45) is 11.7 Å². The summed E-state index contributed by atoms with van der Waals surface area (Å²) in [6.45, 7) is 4.57. The van der Waals surface area contributed by atoms with E-state index in [2.05, 4.69) is 11.9 Å². The first-order chi connectivity index (χ1) is 9.24. The second kappa shape index (κ2) is 7.01. The lowest BCUT2D eigenvalue weighted by Crippen LogP contribution is -2.40. The summed E-state index contributed by atoms with van der Waals surface area (Å²) < 4.78 is 0. The predicted octanol–water partition coefficient (Wildman–Crippen LogP) is 2.30. The summed E-state index contributed by atoms with van der Waals surface area (Å²) in [5.74, 6) is 0.769. The Labute approximate surface area is 119 Å². The Morgan fingerprint density at radius 2 is 2.47 bits per heavy atom. The van der Waals surface area contributed by atoms with Gasteiger partial charge in [-0.2, -0.15) is 0 Å². The van der Waals surface area contributed by atoms with Crippen molar-refractivity contribution in [1.29, 1.82) is 0 Å². The molecule has 0 spiro atoms. The number of thiazole rings is 1. The lowest BCUT2D eigenvalue weighted by Gasteiger charge is -2.32. The van der Waals surface area contributed by atoms with Crippen LogP contribution in [-0.2, 0) is 6.42 Å². The van der Waals surface area contributed by atoms with Crippen molar-refractivity contribution in [2.75, 3.05) is 19.6 Å². The van der Waals surface area contributed by atoms with Gasteiger partial charge in [0.25, 0.3) is 5.91 Å². The fourth-order valence-corrected chi connectivity index (χ4v) is 3.49. The molecule has 19 heavy (non-hydrogen) atoms. The van der Waals surface area contributed by atoms with Crippen molar-refractivity contribution in [2.45, 2.75) is 39.0 Å². The van der Waals surface area contributed by atoms with Crippen LogP contribution in [0.15, 0.2) is 5.38 Å². The number of hydrogen-bond donors (Lipinski definition) is 1. The van der Waals surface area contributed by atoms with Gasteiger partial charge in [0.05, 0.1) is 5.01 Å². The van der Waals surface area contributed by atoms with E-state index in [1.807, 2.05) is 10.3 Å². The third-order valence-electron chi connectivity index (χ3n) is 3.63. The second-order valence-electron chi connectivity index (χ2n) is 5.21. The van der Waals surface area contributed by atoms with Gasteiger partial charge >= 0.3 is 0 Å². The van der Waals surface area contributed by atoms with Crippen molar-refractivity contribution in [1.82, 2.24) is 9.88 Å². The van der Waals surface area contributed by atoms with Crippen molar-refractivity contribution in [3.63, 3.8) is 0 Å². The van der Waals surface area contributed by atoms with Gasteiger partial charge in [0.2, 0.25) is 0 Å². The summed E-state index contributed by atoms with van der Waals surface area (Å²) in [5, 5.41) is 2.84. The van der Waals surface area contributed by atoms with Crippen molar-refractivity contribution in [3.8, 4) is 0 Å². The normalized spacial score (nSPS) is 19.7. The van der Waals surface area contributed by atoms with Crippen LogP contribution in [0.3, 0.4) is 0 Å². The third kappa shape index (κ3) is 3.76. The van der Waals surface area contributed by atoms with Crippen LogP contribution in [-0.4, -0.2) is 35.4 Å². The first-order valence-corrected chi connectivity index (χ1v) is 8.06. The topological polar surface area (TPSA) is 59.2 Å². The molecular weight excluding hydrogens is 258 g/mol. The Morgan fingerprint density at radius 1 is 1.63 bits per heavy atom. The lowest BCUT2D eigenvalue weighted by molar-refractivity contribution is 0.0662. The molecule has 1 amide bonds. The zero-order valence-electron chi connectivity index (χ0n) is 11.6. The van der Waals surface area contributed by atoms with Crippen molar-refractivity contribution >= 4 is 17.2 Å². The first kappa shape index (κ1) is 14.5. The SMILES string of the molecule is CCCC1CCCN(C(=O)c2csc(CCN)n2)C1. The van der Waals surface area contributed by atoms with Crippen LogP contribution in [0.2, 0.25) is 0 Å². The van der Waals surface area contributed by atoms with E-state index in [0.29, 0.717) is 18.2 Å². The molecule has 1 unspecified atom stereocenters. The van der Waals surface area contributed by atoms with Gasteiger partial charge in [-0.3, -0.25) is 4.79 Å². The van der Waals surface area contributed by atoms with Crippen LogP contribution in [0.5, 0.6) is 0 Å². The molecule has 1 aromatic heterocycles. The quantitative estimate of drug-likeness (QED) is 0.901. The molecule has 1 atom stereocenters. The number of rotatable bonds is 5. The van der Waals surface area contributed by atoms with Crippen LogP contribution in [0.4, 0.5) is 0 Å². The van der Waals surface area contributed by atoms with E-state index < -0.39 is 0 Å². The summed E-state index contributed by atoms with van der Waals surface area (Å²) >= 11 is 1.54. The molecule has 4 nitrogen and oxygen atoms in total. The number of amides is 1. The Morgan fingerprint density at radius 3 is 3.21 bits per heavy atom. The van der Waals surface area contributed by atoms with Gasteiger partial charge in [0.1, 0.15) is 5.69 Å². The zero-order valence-corrected chi connectivity index (χ0v) is 12.4. The third-order valence-corrected chi connectivity index (χ3v) is 4.54. The van der Waals surface area contributed by atoms with E-state index in [0.717, 1.165) is 30.9 Å². The number of hydrogen-bond acceptors (Lipinski definition) is 4. The number of carbonyl (C=O) groups is 1. The Hall–Kier alpha value is -0.940. The molecule has 0 aromatic carbocycles. The number of carbonyl (C=O) groups excluding carboxylic acids is 1. The number of piperidine rings is 1. The maximum absolute atomic E-state index is 12.4. The summed E-state index contributed by atoms with van der Waals surface area (Å²) in [7, 11) is 0. The van der Waals surface area contributed by atoms with E-state index in [9.17, 15) is 4.79 Å². The molecule has 1 fully saturated rings. The minimum atomic E-state index is 0.0975. The summed E-state index contributed by atoms with van der Waals surface area (Å²) in [6.07, 6.45) is 5.56. The molecule has 0 saturated carbocycles. The monoisotopic (exact) mass is 281 g/mol. The number of aromatic nitrogens is 1. The fourth-order valence-electron chi connectivity index (χ4n) is 2.70. The van der Waals surface area contributed by atoms with Gasteiger partial charge in [-0.05, 0) is 31.7 Å². The van der Waals surface area contributed by atoms with Gasteiger partial charge in [-0.1, -0.05) is 13.3 Å². The molecule has 106 valence electrons. The van der Waals surface area contributed by atoms with Crippen molar-refractivity contribution in [3.05, 3.63) is 16.1 Å². The average Bonchev–Trinajstić information content (AvgIpc) is 2.88. The van der Waals surface area contributed by atoms with Crippen LogP contribution in [0.1, 0.15) is 48.1 Å². The standard InChI is InChI=1S/C14H23N3OS/c1-2-4-11-5-3-8-17(9-11)14(18)12-10-19-13(16-12)6-7-15/h10-11H,2-9,15H2,1H3. The molecule has 2 rings (SSSR count). The largest absolute Gasteiger partial charge is 0.337 e. The fraction of sp³-hybridized carbons (Fsp3) is 0.714. The van der Waals surface area contributed by atoms with Crippen LogP contribution in [0.25, 0.3) is 0 Å². The number of likely N-dealkylation sites (tertiary alicyclic amines) is 1. The van der Waals surface area contributed by atoms with E-state index in [-0.39, 0.29) is 5.91 Å². The molecule has 5 heteroatoms. The van der Waals surface area contributed by atoms with Gasteiger partial charge in [0, 0.05) is 24.9 Å². The average molecular weight is 281 g/mol. The minimum Gasteiger partial charge on any atom is -0.337 e. The first-order valence-electron chi connectivity index (χ1n) is 7.18. The number of nitrogens with two attached hydrogens (primary N) is 1. The van der Waals surface area contributed by atoms with Gasteiger partial charge < -0.3 is 10.6 Å². The molecule has 0 radical (unpaired) electrons. The molecule has 1 saturated heterocycles. The highest BCUT2D eigenvalue weighted by Gasteiger charge is 2.25. The maximum atomic E-state index is 12.4. The zero-order chi connectivity index (χ0) is 13.7. The Balaban J connectivity index is 1.97. The van der Waals surface area contributed by atoms with E-state index >= 15 is 0 Å². The van der Waals surface area contributed by atoms with Crippen LogP contribution < -0.4 is 5.73 Å². The summed E-state index contributed by atoms with van der Waals surface area (Å²) in [4.78, 5) is 18.8. The van der Waals surface area contributed by atoms with Gasteiger partial charge in [-0.25, -0.2) is 4.98 Å². The van der Waals surface area contributed by atoms with Crippen LogP contribution in [0, 0.1) is 5.92 Å². The molecule has 2 heterocycles. The second-order valence-corrected chi connectivity index (χ2v) is 6.16. The smallest absolute Gasteiger partial charge is 0.273 e. The van der Waals surface area contributed by atoms with Crippen molar-refractivity contribution < 1.29 is 4.79 Å². The van der Waals surface area contributed by atoms with Crippen LogP contribution >= 0.6 is 11.3 Å². The maximum Gasteiger partial charge on any atom is 0.273 e. The Bertz CT molecular complexity index is 417. The van der Waals surface area contributed by atoms with Gasteiger partial charge in [-0.15, -0.1) is 11.3 Å².